The zero-order valence-electron chi connectivity index (χ0n) is 10.9. The second kappa shape index (κ2) is 7.26. The molecule has 1 aliphatic carbocycles. The van der Waals surface area contributed by atoms with Gasteiger partial charge in [-0.1, -0.05) is 29.8 Å². The highest BCUT2D eigenvalue weighted by Gasteiger charge is 2.13. The Morgan fingerprint density at radius 2 is 2.25 bits per heavy atom. The summed E-state index contributed by atoms with van der Waals surface area (Å²) in [7, 11) is 0. The molecule has 1 aromatic rings. The molecule has 0 fully saturated rings. The highest BCUT2D eigenvalue weighted by molar-refractivity contribution is 7.80. The van der Waals surface area contributed by atoms with Crippen LogP contribution >= 0.6 is 23.8 Å². The summed E-state index contributed by atoms with van der Waals surface area (Å²) in [6.07, 6.45) is 6.76. The molecule has 1 amide bonds. The number of halogens is 1. The van der Waals surface area contributed by atoms with Crippen molar-refractivity contribution < 1.29 is 4.79 Å². The number of hydrazine groups is 1. The number of benzene rings is 1. The van der Waals surface area contributed by atoms with Gasteiger partial charge in [0.1, 0.15) is 0 Å². The first-order valence-corrected chi connectivity index (χ1v) is 7.20. The molecule has 0 unspecified atom stereocenters. The van der Waals surface area contributed by atoms with E-state index in [1.54, 1.807) is 12.1 Å². The van der Waals surface area contributed by atoms with Gasteiger partial charge >= 0.3 is 0 Å². The summed E-state index contributed by atoms with van der Waals surface area (Å²) in [6, 6.07) is 7.18. The van der Waals surface area contributed by atoms with Crippen LogP contribution in [0.2, 0.25) is 5.02 Å². The first-order chi connectivity index (χ1) is 9.63. The van der Waals surface area contributed by atoms with Gasteiger partial charge in [-0.25, -0.2) is 0 Å². The minimum atomic E-state index is -0.0724. The number of carbonyl (C=O) groups excluding carboxylic acids is 1. The molecular weight excluding hydrogens is 294 g/mol. The van der Waals surface area contributed by atoms with Crippen molar-refractivity contribution in [2.45, 2.75) is 19.3 Å². The molecule has 4 nitrogen and oxygen atoms in total. The van der Waals surface area contributed by atoms with Gasteiger partial charge in [-0.2, -0.15) is 0 Å². The summed E-state index contributed by atoms with van der Waals surface area (Å²) < 4.78 is 0. The Morgan fingerprint density at radius 1 is 1.40 bits per heavy atom. The average molecular weight is 310 g/mol. The van der Waals surface area contributed by atoms with E-state index in [0.717, 1.165) is 18.5 Å². The molecule has 1 aromatic carbocycles. The van der Waals surface area contributed by atoms with E-state index in [0.29, 0.717) is 22.5 Å². The molecule has 1 aliphatic rings. The molecule has 6 heteroatoms. The number of hydrogen-bond donors (Lipinski definition) is 3. The van der Waals surface area contributed by atoms with Crippen LogP contribution in [0.15, 0.2) is 36.4 Å². The SMILES string of the molecule is O=C(C[C@@H]1C=CCC1)NNC(=S)Nc1cccc(Cl)c1. The fourth-order valence-electron chi connectivity index (χ4n) is 2.01. The molecule has 106 valence electrons. The van der Waals surface area contributed by atoms with E-state index in [1.165, 1.54) is 0 Å². The highest BCUT2D eigenvalue weighted by atomic mass is 35.5. The molecule has 1 atom stereocenters. The Kier molecular flexibility index (Phi) is 5.38. The van der Waals surface area contributed by atoms with Crippen LogP contribution in [0.1, 0.15) is 19.3 Å². The Labute approximate surface area is 128 Å². The molecule has 3 N–H and O–H groups in total. The van der Waals surface area contributed by atoms with Crippen LogP contribution in [0.3, 0.4) is 0 Å². The fraction of sp³-hybridized carbons (Fsp3) is 0.286. The van der Waals surface area contributed by atoms with Crippen molar-refractivity contribution in [2.24, 2.45) is 5.92 Å². The van der Waals surface area contributed by atoms with Crippen molar-refractivity contribution in [1.29, 1.82) is 0 Å². The van der Waals surface area contributed by atoms with Gasteiger partial charge in [-0.15, -0.1) is 0 Å². The lowest BCUT2D eigenvalue weighted by atomic mass is 10.1. The lowest BCUT2D eigenvalue weighted by molar-refractivity contribution is -0.122. The minimum Gasteiger partial charge on any atom is -0.331 e. The van der Waals surface area contributed by atoms with Crippen LogP contribution in [-0.4, -0.2) is 11.0 Å². The topological polar surface area (TPSA) is 53.2 Å². The van der Waals surface area contributed by atoms with Gasteiger partial charge in [0.2, 0.25) is 5.91 Å². The Morgan fingerprint density at radius 3 is 2.95 bits per heavy atom. The van der Waals surface area contributed by atoms with Gasteiger partial charge in [-0.05, 0) is 49.2 Å². The molecule has 0 aliphatic heterocycles. The smallest absolute Gasteiger partial charge is 0.238 e. The van der Waals surface area contributed by atoms with Gasteiger partial charge in [0.05, 0.1) is 0 Å². The van der Waals surface area contributed by atoms with Crippen molar-refractivity contribution in [3.63, 3.8) is 0 Å². The van der Waals surface area contributed by atoms with Gasteiger partial charge in [-0.3, -0.25) is 15.6 Å². The number of hydrogen-bond acceptors (Lipinski definition) is 2. The first-order valence-electron chi connectivity index (χ1n) is 6.41. The molecule has 0 heterocycles. The van der Waals surface area contributed by atoms with Gasteiger partial charge < -0.3 is 5.32 Å². The molecule has 0 spiro atoms. The van der Waals surface area contributed by atoms with Crippen molar-refractivity contribution >= 4 is 40.5 Å². The largest absolute Gasteiger partial charge is 0.331 e. The van der Waals surface area contributed by atoms with Crippen molar-refractivity contribution in [3.05, 3.63) is 41.4 Å². The predicted molar refractivity (Wildman–Crippen MR) is 85.4 cm³/mol. The number of nitrogens with one attached hydrogen (secondary N) is 3. The van der Waals surface area contributed by atoms with E-state index < -0.39 is 0 Å². The third kappa shape index (κ3) is 4.83. The molecule has 0 saturated carbocycles. The summed E-state index contributed by atoms with van der Waals surface area (Å²) in [5, 5.41) is 3.88. The summed E-state index contributed by atoms with van der Waals surface area (Å²) in [5.41, 5.74) is 6.03. The van der Waals surface area contributed by atoms with E-state index in [9.17, 15) is 4.79 Å². The van der Waals surface area contributed by atoms with E-state index in [2.05, 4.69) is 28.3 Å². The van der Waals surface area contributed by atoms with Gasteiger partial charge in [0, 0.05) is 17.1 Å². The number of allylic oxidation sites excluding steroid dienone is 2. The van der Waals surface area contributed by atoms with Gasteiger partial charge in [0.15, 0.2) is 5.11 Å². The standard InChI is InChI=1S/C14H16ClN3OS/c15-11-6-3-7-12(9-11)16-14(20)18-17-13(19)8-10-4-1-2-5-10/h1,3-4,6-7,9-10H,2,5,8H2,(H,17,19)(H2,16,18,20)/t10-/m1/s1. The maximum atomic E-state index is 11.7. The quantitative estimate of drug-likeness (QED) is 0.456. The van der Waals surface area contributed by atoms with E-state index in [-0.39, 0.29) is 5.91 Å². The molecular formula is C14H16ClN3OS. The zero-order valence-corrected chi connectivity index (χ0v) is 12.4. The lowest BCUT2D eigenvalue weighted by Gasteiger charge is -2.13. The van der Waals surface area contributed by atoms with Crippen LogP contribution < -0.4 is 16.2 Å². The molecule has 0 aromatic heterocycles. The second-order valence-corrected chi connectivity index (χ2v) is 5.45. The van der Waals surface area contributed by atoms with Gasteiger partial charge in [0.25, 0.3) is 0 Å². The Hall–Kier alpha value is -1.59. The third-order valence-corrected chi connectivity index (χ3v) is 3.40. The molecule has 0 radical (unpaired) electrons. The van der Waals surface area contributed by atoms with Crippen LogP contribution in [0.4, 0.5) is 5.69 Å². The number of rotatable bonds is 3. The Bertz CT molecular complexity index is 533. The maximum Gasteiger partial charge on any atom is 0.238 e. The number of thiocarbonyl (C=S) groups is 1. The van der Waals surface area contributed by atoms with Crippen LogP contribution in [0.25, 0.3) is 0 Å². The summed E-state index contributed by atoms with van der Waals surface area (Å²) >= 11 is 11.0. The normalized spacial score (nSPS) is 16.8. The average Bonchev–Trinajstić information content (AvgIpc) is 2.89. The second-order valence-electron chi connectivity index (χ2n) is 4.61. The van der Waals surface area contributed by atoms with E-state index in [1.807, 2.05) is 12.1 Å². The summed E-state index contributed by atoms with van der Waals surface area (Å²) in [6.45, 7) is 0. The van der Waals surface area contributed by atoms with Crippen LogP contribution in [0.5, 0.6) is 0 Å². The van der Waals surface area contributed by atoms with Crippen molar-refractivity contribution in [1.82, 2.24) is 10.9 Å². The van der Waals surface area contributed by atoms with Crippen LogP contribution in [-0.2, 0) is 4.79 Å². The van der Waals surface area contributed by atoms with E-state index in [4.69, 9.17) is 23.8 Å². The Balaban J connectivity index is 1.71. The zero-order chi connectivity index (χ0) is 14.4. The van der Waals surface area contributed by atoms with Crippen LogP contribution in [0, 0.1) is 5.92 Å². The lowest BCUT2D eigenvalue weighted by Crippen LogP contribution is -2.44. The number of anilines is 1. The molecule has 0 saturated heterocycles. The minimum absolute atomic E-state index is 0.0724. The molecule has 0 bridgehead atoms. The monoisotopic (exact) mass is 309 g/mol. The molecule has 2 rings (SSSR count). The highest BCUT2D eigenvalue weighted by Crippen LogP contribution is 2.19. The van der Waals surface area contributed by atoms with Crippen molar-refractivity contribution in [3.8, 4) is 0 Å². The molecule has 20 heavy (non-hydrogen) atoms. The first kappa shape index (κ1) is 14.8. The summed E-state index contributed by atoms with van der Waals surface area (Å²) in [4.78, 5) is 11.7. The maximum absolute atomic E-state index is 11.7. The van der Waals surface area contributed by atoms with Crippen molar-refractivity contribution in [2.75, 3.05) is 5.32 Å². The van der Waals surface area contributed by atoms with E-state index >= 15 is 0 Å². The number of carbonyl (C=O) groups is 1. The number of amides is 1. The fourth-order valence-corrected chi connectivity index (χ4v) is 2.37. The third-order valence-electron chi connectivity index (χ3n) is 2.96. The predicted octanol–water partition coefficient (Wildman–Crippen LogP) is 3.01. The summed E-state index contributed by atoms with van der Waals surface area (Å²) in [5.74, 6) is 0.267.